The summed E-state index contributed by atoms with van der Waals surface area (Å²) >= 11 is 3.42. The second-order valence-corrected chi connectivity index (χ2v) is 5.91. The monoisotopic (exact) mass is 348 g/mol. The van der Waals surface area contributed by atoms with E-state index in [1.807, 2.05) is 6.07 Å². The Hall–Kier alpha value is -1.95. The lowest BCUT2D eigenvalue weighted by molar-refractivity contribution is -0.141. The van der Waals surface area contributed by atoms with Crippen molar-refractivity contribution in [1.29, 1.82) is 0 Å². The molecule has 1 atom stereocenters. The predicted molar refractivity (Wildman–Crippen MR) is 81.1 cm³/mol. The Kier molecular flexibility index (Phi) is 3.63. The van der Waals surface area contributed by atoms with Gasteiger partial charge in [-0.1, -0.05) is 6.07 Å². The van der Waals surface area contributed by atoms with Gasteiger partial charge in [0.15, 0.2) is 0 Å². The van der Waals surface area contributed by atoms with E-state index in [0.29, 0.717) is 18.5 Å². The van der Waals surface area contributed by atoms with Crippen LogP contribution in [0.5, 0.6) is 0 Å². The zero-order chi connectivity index (χ0) is 15.0. The number of hydrogen-bond acceptors (Lipinski definition) is 3. The first-order valence-corrected chi connectivity index (χ1v) is 7.44. The number of hydrogen-bond donors (Lipinski definition) is 1. The molecule has 1 aliphatic heterocycles. The summed E-state index contributed by atoms with van der Waals surface area (Å²) in [6.07, 6.45) is 4.63. The summed E-state index contributed by atoms with van der Waals surface area (Å²) in [6, 6.07) is 4.62. The van der Waals surface area contributed by atoms with Crippen molar-refractivity contribution in [2.24, 2.45) is 0 Å². The molecule has 1 saturated heterocycles. The summed E-state index contributed by atoms with van der Waals surface area (Å²) in [5, 5.41) is 11.0. The number of rotatable bonds is 2. The van der Waals surface area contributed by atoms with Gasteiger partial charge in [-0.05, 0) is 46.3 Å². The average Bonchev–Trinajstić information content (AvgIpc) is 2.96. The van der Waals surface area contributed by atoms with Crippen LogP contribution in [-0.2, 0) is 4.79 Å². The molecule has 0 saturated carbocycles. The van der Waals surface area contributed by atoms with Crippen molar-refractivity contribution in [3.05, 3.63) is 40.6 Å². The van der Waals surface area contributed by atoms with Crippen LogP contribution in [0.1, 0.15) is 23.2 Å². The highest BCUT2D eigenvalue weighted by atomic mass is 79.9. The topological polar surface area (TPSA) is 70.5 Å². The van der Waals surface area contributed by atoms with Crippen LogP contribution in [0.25, 0.3) is 10.8 Å². The van der Waals surface area contributed by atoms with Crippen molar-refractivity contribution in [1.82, 2.24) is 9.88 Å². The van der Waals surface area contributed by atoms with E-state index in [9.17, 15) is 14.7 Å². The number of aliphatic carboxylic acids is 1. The molecule has 0 radical (unpaired) electrons. The summed E-state index contributed by atoms with van der Waals surface area (Å²) in [5.74, 6) is -1.17. The number of nitrogens with zero attached hydrogens (tertiary/aromatic N) is 2. The van der Waals surface area contributed by atoms with Gasteiger partial charge in [0.05, 0.1) is 0 Å². The number of fused-ring (bicyclic) bond motifs is 1. The normalized spacial score (nSPS) is 18.1. The molecule has 1 aromatic carbocycles. The molecule has 6 heteroatoms. The summed E-state index contributed by atoms with van der Waals surface area (Å²) in [6.45, 7) is 0.491. The fraction of sp³-hybridized carbons (Fsp3) is 0.267. The highest BCUT2D eigenvalue weighted by Gasteiger charge is 2.34. The first-order chi connectivity index (χ1) is 10.1. The van der Waals surface area contributed by atoms with Gasteiger partial charge in [0.1, 0.15) is 6.04 Å². The van der Waals surface area contributed by atoms with Crippen LogP contribution in [0.3, 0.4) is 0 Å². The highest BCUT2D eigenvalue weighted by Crippen LogP contribution is 2.25. The van der Waals surface area contributed by atoms with E-state index in [4.69, 9.17) is 0 Å². The van der Waals surface area contributed by atoms with Gasteiger partial charge in [-0.25, -0.2) is 4.79 Å². The van der Waals surface area contributed by atoms with Crippen molar-refractivity contribution < 1.29 is 14.7 Å². The van der Waals surface area contributed by atoms with Crippen LogP contribution in [0.2, 0.25) is 0 Å². The lowest BCUT2D eigenvalue weighted by atomic mass is 10.1. The number of carbonyl (C=O) groups excluding carboxylic acids is 1. The molecule has 108 valence electrons. The Bertz CT molecular complexity index is 732. The molecule has 1 amide bonds. The molecule has 1 N–H and O–H groups in total. The molecule has 0 bridgehead atoms. The van der Waals surface area contributed by atoms with E-state index in [2.05, 4.69) is 20.9 Å². The van der Waals surface area contributed by atoms with Gasteiger partial charge in [-0.3, -0.25) is 9.78 Å². The van der Waals surface area contributed by atoms with Crippen molar-refractivity contribution in [2.45, 2.75) is 18.9 Å². The fourth-order valence-corrected chi connectivity index (χ4v) is 3.18. The number of pyridine rings is 1. The number of likely N-dealkylation sites (tertiary alicyclic amines) is 1. The van der Waals surface area contributed by atoms with E-state index in [-0.39, 0.29) is 5.91 Å². The molecule has 0 spiro atoms. The first-order valence-electron chi connectivity index (χ1n) is 6.65. The molecule has 1 unspecified atom stereocenters. The van der Waals surface area contributed by atoms with Crippen LogP contribution in [0, 0.1) is 0 Å². The maximum absolute atomic E-state index is 12.5. The summed E-state index contributed by atoms with van der Waals surface area (Å²) in [7, 11) is 0. The van der Waals surface area contributed by atoms with Gasteiger partial charge >= 0.3 is 5.97 Å². The SMILES string of the molecule is O=C(O)C1CCCN1C(=O)c1ccc2c(Br)cncc2c1. The Morgan fingerprint density at radius 1 is 1.33 bits per heavy atom. The maximum atomic E-state index is 12.5. The second kappa shape index (κ2) is 5.44. The number of amides is 1. The van der Waals surface area contributed by atoms with Crippen LogP contribution < -0.4 is 0 Å². The fourth-order valence-electron chi connectivity index (χ4n) is 2.70. The minimum atomic E-state index is -0.939. The third-order valence-electron chi connectivity index (χ3n) is 3.76. The van der Waals surface area contributed by atoms with Gasteiger partial charge < -0.3 is 10.0 Å². The van der Waals surface area contributed by atoms with Crippen LogP contribution in [0.4, 0.5) is 0 Å². The minimum Gasteiger partial charge on any atom is -0.480 e. The van der Waals surface area contributed by atoms with Gasteiger partial charge in [0.2, 0.25) is 0 Å². The zero-order valence-corrected chi connectivity index (χ0v) is 12.7. The van der Waals surface area contributed by atoms with E-state index in [1.165, 1.54) is 4.90 Å². The summed E-state index contributed by atoms with van der Waals surface area (Å²) in [5.41, 5.74) is 0.496. The average molecular weight is 349 g/mol. The van der Waals surface area contributed by atoms with Gasteiger partial charge in [0.25, 0.3) is 5.91 Å². The molecule has 21 heavy (non-hydrogen) atoms. The third kappa shape index (κ3) is 2.51. The number of benzene rings is 1. The zero-order valence-electron chi connectivity index (χ0n) is 11.1. The molecule has 3 rings (SSSR count). The van der Waals surface area contributed by atoms with E-state index < -0.39 is 12.0 Å². The van der Waals surface area contributed by atoms with Crippen LogP contribution >= 0.6 is 15.9 Å². The van der Waals surface area contributed by atoms with Crippen molar-refractivity contribution in [2.75, 3.05) is 6.54 Å². The number of aromatic nitrogens is 1. The molecule has 5 nitrogen and oxygen atoms in total. The molecule has 1 fully saturated rings. The number of halogens is 1. The largest absolute Gasteiger partial charge is 0.480 e. The van der Waals surface area contributed by atoms with Crippen LogP contribution in [-0.4, -0.2) is 39.5 Å². The van der Waals surface area contributed by atoms with Gasteiger partial charge in [-0.15, -0.1) is 0 Å². The predicted octanol–water partition coefficient (Wildman–Crippen LogP) is 2.69. The van der Waals surface area contributed by atoms with Crippen molar-refractivity contribution in [3.8, 4) is 0 Å². The summed E-state index contributed by atoms with van der Waals surface area (Å²) in [4.78, 5) is 29.2. The second-order valence-electron chi connectivity index (χ2n) is 5.05. The number of carboxylic acid groups (broad SMARTS) is 1. The molecular formula is C15H13BrN2O3. The Labute approximate surface area is 129 Å². The maximum Gasteiger partial charge on any atom is 0.326 e. The van der Waals surface area contributed by atoms with Gasteiger partial charge in [0, 0.05) is 34.4 Å². The number of carbonyl (C=O) groups is 2. The number of carboxylic acids is 1. The Morgan fingerprint density at radius 3 is 2.90 bits per heavy atom. The Balaban J connectivity index is 1.96. The van der Waals surface area contributed by atoms with Crippen molar-refractivity contribution >= 4 is 38.6 Å². The van der Waals surface area contributed by atoms with E-state index >= 15 is 0 Å². The highest BCUT2D eigenvalue weighted by molar-refractivity contribution is 9.10. The molecule has 0 aliphatic carbocycles. The lowest BCUT2D eigenvalue weighted by Crippen LogP contribution is -2.40. The van der Waals surface area contributed by atoms with Gasteiger partial charge in [-0.2, -0.15) is 0 Å². The third-order valence-corrected chi connectivity index (χ3v) is 4.39. The molecule has 2 heterocycles. The van der Waals surface area contributed by atoms with E-state index in [0.717, 1.165) is 21.7 Å². The smallest absolute Gasteiger partial charge is 0.326 e. The Morgan fingerprint density at radius 2 is 2.14 bits per heavy atom. The first kappa shape index (κ1) is 14.0. The summed E-state index contributed by atoms with van der Waals surface area (Å²) < 4.78 is 0.864. The molecule has 1 aliphatic rings. The molecular weight excluding hydrogens is 336 g/mol. The molecule has 2 aromatic rings. The van der Waals surface area contributed by atoms with Crippen molar-refractivity contribution in [3.63, 3.8) is 0 Å². The standard InChI is InChI=1S/C15H13BrN2O3/c16-12-8-17-7-10-6-9(3-4-11(10)12)14(19)18-5-1-2-13(18)15(20)21/h3-4,6-8,13H,1-2,5H2,(H,20,21). The lowest BCUT2D eigenvalue weighted by Gasteiger charge is -2.21. The minimum absolute atomic E-state index is 0.234. The molecule has 1 aromatic heterocycles. The van der Waals surface area contributed by atoms with Crippen LogP contribution in [0.15, 0.2) is 35.1 Å². The quantitative estimate of drug-likeness (QED) is 0.905. The van der Waals surface area contributed by atoms with E-state index in [1.54, 1.807) is 24.5 Å².